The number of thiophene rings is 1. The van der Waals surface area contributed by atoms with E-state index in [4.69, 9.17) is 4.42 Å². The smallest absolute Gasteiger partial charge is 0.180 e. The van der Waals surface area contributed by atoms with Gasteiger partial charge >= 0.3 is 0 Å². The highest BCUT2D eigenvalue weighted by molar-refractivity contribution is 7.14. The number of rotatable bonds is 4. The molecule has 0 saturated heterocycles. The van der Waals surface area contributed by atoms with Crippen molar-refractivity contribution in [2.75, 3.05) is 0 Å². The lowest BCUT2D eigenvalue weighted by Gasteiger charge is -1.97. The number of carbonyl (C=O) groups excluding carboxylic acids is 2. The molecule has 0 fully saturated rings. The number of aryl methyl sites for hydroxylation is 2. The van der Waals surface area contributed by atoms with E-state index in [0.717, 1.165) is 4.88 Å². The molecule has 0 unspecified atom stereocenters. The number of Topliss-reactive ketones (excluding diaryl/α,β-unsaturated/α-hetero) is 2. The third kappa shape index (κ3) is 2.53. The molecule has 88 valence electrons. The minimum atomic E-state index is -0.188. The fourth-order valence-electron chi connectivity index (χ4n) is 1.59. The Labute approximate surface area is 103 Å². The highest BCUT2D eigenvalue weighted by Gasteiger charge is 2.17. The van der Waals surface area contributed by atoms with Crippen LogP contribution in [0, 0.1) is 13.8 Å². The van der Waals surface area contributed by atoms with E-state index in [2.05, 4.69) is 0 Å². The lowest BCUT2D eigenvalue weighted by molar-refractivity contribution is 0.0896. The average molecular weight is 248 g/mol. The first-order valence-electron chi connectivity index (χ1n) is 5.25. The van der Waals surface area contributed by atoms with Gasteiger partial charge in [0.25, 0.3) is 0 Å². The second kappa shape index (κ2) is 4.67. The molecule has 0 aliphatic heterocycles. The summed E-state index contributed by atoms with van der Waals surface area (Å²) in [6.45, 7) is 3.65. The molecule has 2 rings (SSSR count). The van der Waals surface area contributed by atoms with Crippen LogP contribution in [0.25, 0.3) is 0 Å². The van der Waals surface area contributed by atoms with E-state index in [9.17, 15) is 9.59 Å². The first kappa shape index (κ1) is 11.8. The highest BCUT2D eigenvalue weighted by Crippen LogP contribution is 2.19. The van der Waals surface area contributed by atoms with Crippen molar-refractivity contribution in [2.24, 2.45) is 0 Å². The third-order valence-corrected chi connectivity index (χ3v) is 3.54. The summed E-state index contributed by atoms with van der Waals surface area (Å²) in [4.78, 5) is 25.4. The zero-order valence-corrected chi connectivity index (χ0v) is 10.5. The lowest BCUT2D eigenvalue weighted by atomic mass is 10.1. The van der Waals surface area contributed by atoms with Gasteiger partial charge < -0.3 is 4.42 Å². The highest BCUT2D eigenvalue weighted by atomic mass is 32.1. The van der Waals surface area contributed by atoms with E-state index in [1.807, 2.05) is 13.0 Å². The third-order valence-electron chi connectivity index (χ3n) is 2.50. The second-order valence-electron chi connectivity index (χ2n) is 3.82. The standard InChI is InChI=1S/C13H12O3S/c1-8-3-4-13(17-8)12(15)7-11(14)10-5-6-16-9(10)2/h3-6H,7H2,1-2H3. The number of ketones is 2. The molecule has 0 spiro atoms. The van der Waals surface area contributed by atoms with Crippen molar-refractivity contribution in [3.63, 3.8) is 0 Å². The lowest BCUT2D eigenvalue weighted by Crippen LogP contribution is -2.07. The van der Waals surface area contributed by atoms with Gasteiger partial charge in [-0.2, -0.15) is 0 Å². The van der Waals surface area contributed by atoms with Crippen LogP contribution in [0.1, 0.15) is 37.1 Å². The predicted molar refractivity (Wildman–Crippen MR) is 65.8 cm³/mol. The van der Waals surface area contributed by atoms with E-state index in [1.165, 1.54) is 17.6 Å². The van der Waals surface area contributed by atoms with Crippen molar-refractivity contribution in [2.45, 2.75) is 20.3 Å². The molecule has 0 bridgehead atoms. The Morgan fingerprint density at radius 3 is 2.47 bits per heavy atom. The number of furan rings is 1. The van der Waals surface area contributed by atoms with Crippen molar-refractivity contribution >= 4 is 22.9 Å². The monoisotopic (exact) mass is 248 g/mol. The summed E-state index contributed by atoms with van der Waals surface area (Å²) < 4.78 is 5.05. The topological polar surface area (TPSA) is 47.3 Å². The summed E-state index contributed by atoms with van der Waals surface area (Å²) in [6.07, 6.45) is 1.36. The molecule has 2 aromatic rings. The molecule has 0 aromatic carbocycles. The Hall–Kier alpha value is -1.68. The van der Waals surface area contributed by atoms with Gasteiger partial charge in [0.15, 0.2) is 11.6 Å². The van der Waals surface area contributed by atoms with E-state index < -0.39 is 0 Å². The average Bonchev–Trinajstić information content (AvgIpc) is 2.86. The predicted octanol–water partition coefficient (Wildman–Crippen LogP) is 3.41. The maximum absolute atomic E-state index is 11.8. The summed E-state index contributed by atoms with van der Waals surface area (Å²) in [7, 11) is 0. The SMILES string of the molecule is Cc1ccc(C(=O)CC(=O)c2ccoc2C)s1. The van der Waals surface area contributed by atoms with Gasteiger partial charge in [-0.05, 0) is 32.0 Å². The molecule has 0 aliphatic rings. The maximum atomic E-state index is 11.8. The molecule has 0 atom stereocenters. The van der Waals surface area contributed by atoms with Gasteiger partial charge in [0.1, 0.15) is 5.76 Å². The Balaban J connectivity index is 2.10. The van der Waals surface area contributed by atoms with Gasteiger partial charge in [-0.25, -0.2) is 0 Å². The van der Waals surface area contributed by atoms with Gasteiger partial charge in [0, 0.05) is 4.88 Å². The molecule has 0 radical (unpaired) electrons. The first-order chi connectivity index (χ1) is 8.08. The van der Waals surface area contributed by atoms with Gasteiger partial charge in [-0.1, -0.05) is 0 Å². The summed E-state index contributed by atoms with van der Waals surface area (Å²) in [5.41, 5.74) is 0.492. The molecular weight excluding hydrogens is 236 g/mol. The quantitative estimate of drug-likeness (QED) is 0.615. The van der Waals surface area contributed by atoms with Gasteiger partial charge in [-0.15, -0.1) is 11.3 Å². The summed E-state index contributed by atoms with van der Waals surface area (Å²) in [5.74, 6) is 0.242. The largest absolute Gasteiger partial charge is 0.469 e. The van der Waals surface area contributed by atoms with Gasteiger partial charge in [-0.3, -0.25) is 9.59 Å². The number of carbonyl (C=O) groups is 2. The Kier molecular flexibility index (Phi) is 3.24. The second-order valence-corrected chi connectivity index (χ2v) is 5.11. The van der Waals surface area contributed by atoms with Crippen molar-refractivity contribution in [1.82, 2.24) is 0 Å². The van der Waals surface area contributed by atoms with Crippen LogP contribution < -0.4 is 0 Å². The zero-order chi connectivity index (χ0) is 12.4. The van der Waals surface area contributed by atoms with Crippen LogP contribution in [-0.2, 0) is 0 Å². The minimum absolute atomic E-state index is 0.0969. The fraction of sp³-hybridized carbons (Fsp3) is 0.231. The molecule has 3 nitrogen and oxygen atoms in total. The van der Waals surface area contributed by atoms with Crippen LogP contribution >= 0.6 is 11.3 Å². The molecule has 2 aromatic heterocycles. The molecule has 4 heteroatoms. The van der Waals surface area contributed by atoms with Crippen molar-refractivity contribution < 1.29 is 14.0 Å². The van der Waals surface area contributed by atoms with Crippen LogP contribution in [0.15, 0.2) is 28.9 Å². The van der Waals surface area contributed by atoms with E-state index in [1.54, 1.807) is 19.1 Å². The molecular formula is C13H12O3S. The van der Waals surface area contributed by atoms with E-state index >= 15 is 0 Å². The van der Waals surface area contributed by atoms with Gasteiger partial charge in [0.2, 0.25) is 0 Å². The number of hydrogen-bond donors (Lipinski definition) is 0. The summed E-state index contributed by atoms with van der Waals surface area (Å²) >= 11 is 1.41. The Bertz CT molecular complexity index is 563. The van der Waals surface area contributed by atoms with E-state index in [0.29, 0.717) is 16.2 Å². The minimum Gasteiger partial charge on any atom is -0.469 e. The van der Waals surface area contributed by atoms with Crippen LogP contribution in [0.4, 0.5) is 0 Å². The van der Waals surface area contributed by atoms with Crippen molar-refractivity contribution in [1.29, 1.82) is 0 Å². The molecule has 0 saturated carbocycles. The molecule has 0 aliphatic carbocycles. The van der Waals surface area contributed by atoms with Crippen molar-refractivity contribution in [3.8, 4) is 0 Å². The van der Waals surface area contributed by atoms with Crippen LogP contribution in [0.2, 0.25) is 0 Å². The van der Waals surface area contributed by atoms with Crippen LogP contribution in [0.5, 0.6) is 0 Å². The van der Waals surface area contributed by atoms with Crippen LogP contribution in [-0.4, -0.2) is 11.6 Å². The number of hydrogen-bond acceptors (Lipinski definition) is 4. The fourth-order valence-corrected chi connectivity index (χ4v) is 2.39. The summed E-state index contributed by atoms with van der Waals surface area (Å²) in [6, 6.07) is 5.24. The Morgan fingerprint density at radius 2 is 1.94 bits per heavy atom. The zero-order valence-electron chi connectivity index (χ0n) is 9.65. The molecule has 0 N–H and O–H groups in total. The van der Waals surface area contributed by atoms with Crippen molar-refractivity contribution in [3.05, 3.63) is 45.5 Å². The normalized spacial score (nSPS) is 10.5. The van der Waals surface area contributed by atoms with Gasteiger partial charge in [0.05, 0.1) is 23.1 Å². The molecule has 2 heterocycles. The molecule has 17 heavy (non-hydrogen) atoms. The van der Waals surface area contributed by atoms with Crippen LogP contribution in [0.3, 0.4) is 0 Å². The molecule has 0 amide bonds. The Morgan fingerprint density at radius 1 is 1.18 bits per heavy atom. The van der Waals surface area contributed by atoms with E-state index in [-0.39, 0.29) is 18.0 Å². The maximum Gasteiger partial charge on any atom is 0.180 e. The first-order valence-corrected chi connectivity index (χ1v) is 6.06. The summed E-state index contributed by atoms with van der Waals surface area (Å²) in [5, 5.41) is 0.